The predicted molar refractivity (Wildman–Crippen MR) is 105 cm³/mol. The van der Waals surface area contributed by atoms with Crippen molar-refractivity contribution < 1.29 is 18.9 Å². The summed E-state index contributed by atoms with van der Waals surface area (Å²) < 4.78 is 21.2. The van der Waals surface area contributed by atoms with Crippen molar-refractivity contribution in [3.63, 3.8) is 0 Å². The van der Waals surface area contributed by atoms with E-state index in [0.717, 1.165) is 0 Å². The van der Waals surface area contributed by atoms with Crippen LogP contribution in [0, 0.1) is 0 Å². The summed E-state index contributed by atoms with van der Waals surface area (Å²) in [6, 6.07) is 10.8. The van der Waals surface area contributed by atoms with Crippen LogP contribution in [0.1, 0.15) is 0 Å². The zero-order valence-electron chi connectivity index (χ0n) is 16.0. The first kappa shape index (κ1) is 19.0. The Morgan fingerprint density at radius 2 is 1.29 bits per heavy atom. The average Bonchev–Trinajstić information content (AvgIpc) is 2.73. The molecule has 1 aromatic heterocycles. The maximum atomic E-state index is 5.37. The SMILES string of the molecule is COc1ccc(OC)c(Nc2cnnc(Nc3cc(OC)ccc3OC)n2)c1. The summed E-state index contributed by atoms with van der Waals surface area (Å²) in [4.78, 5) is 4.44. The molecule has 3 aromatic rings. The Hall–Kier alpha value is -3.75. The fourth-order valence-electron chi connectivity index (χ4n) is 2.50. The van der Waals surface area contributed by atoms with Gasteiger partial charge in [0.25, 0.3) is 0 Å². The first-order valence-electron chi connectivity index (χ1n) is 8.34. The highest BCUT2D eigenvalue weighted by Crippen LogP contribution is 2.32. The van der Waals surface area contributed by atoms with Gasteiger partial charge in [0.2, 0.25) is 5.95 Å². The highest BCUT2D eigenvalue weighted by Gasteiger charge is 2.10. The van der Waals surface area contributed by atoms with Gasteiger partial charge in [0, 0.05) is 12.1 Å². The van der Waals surface area contributed by atoms with E-state index in [4.69, 9.17) is 18.9 Å². The summed E-state index contributed by atoms with van der Waals surface area (Å²) in [7, 11) is 6.36. The second-order valence-electron chi connectivity index (χ2n) is 5.55. The van der Waals surface area contributed by atoms with Crippen LogP contribution in [0.15, 0.2) is 42.6 Å². The molecule has 0 aliphatic heterocycles. The molecule has 9 heteroatoms. The number of benzene rings is 2. The van der Waals surface area contributed by atoms with Gasteiger partial charge < -0.3 is 29.6 Å². The number of aromatic nitrogens is 3. The Labute approximate surface area is 162 Å². The number of anilines is 4. The second-order valence-corrected chi connectivity index (χ2v) is 5.55. The van der Waals surface area contributed by atoms with Crippen molar-refractivity contribution in [3.05, 3.63) is 42.6 Å². The zero-order valence-corrected chi connectivity index (χ0v) is 16.0. The molecule has 28 heavy (non-hydrogen) atoms. The summed E-state index contributed by atoms with van der Waals surface area (Å²) >= 11 is 0. The monoisotopic (exact) mass is 383 g/mol. The third-order valence-electron chi connectivity index (χ3n) is 3.88. The van der Waals surface area contributed by atoms with Gasteiger partial charge in [-0.1, -0.05) is 0 Å². The first-order chi connectivity index (χ1) is 13.7. The van der Waals surface area contributed by atoms with Crippen molar-refractivity contribution in [2.75, 3.05) is 39.1 Å². The Morgan fingerprint density at radius 1 is 0.714 bits per heavy atom. The minimum Gasteiger partial charge on any atom is -0.497 e. The lowest BCUT2D eigenvalue weighted by atomic mass is 10.2. The summed E-state index contributed by atoms with van der Waals surface area (Å²) in [5.41, 5.74) is 1.34. The van der Waals surface area contributed by atoms with Crippen LogP contribution in [-0.2, 0) is 0 Å². The Morgan fingerprint density at radius 3 is 1.82 bits per heavy atom. The number of nitrogens with one attached hydrogen (secondary N) is 2. The molecule has 0 unspecified atom stereocenters. The maximum Gasteiger partial charge on any atom is 0.249 e. The van der Waals surface area contributed by atoms with Crippen molar-refractivity contribution >= 4 is 23.1 Å². The second kappa shape index (κ2) is 8.76. The molecule has 0 radical (unpaired) electrons. The number of ether oxygens (including phenoxy) is 4. The van der Waals surface area contributed by atoms with Crippen molar-refractivity contribution in [1.82, 2.24) is 15.2 Å². The van der Waals surface area contributed by atoms with E-state index < -0.39 is 0 Å². The van der Waals surface area contributed by atoms with E-state index in [9.17, 15) is 0 Å². The predicted octanol–water partition coefficient (Wildman–Crippen LogP) is 3.39. The van der Waals surface area contributed by atoms with Crippen LogP contribution in [-0.4, -0.2) is 43.6 Å². The normalized spacial score (nSPS) is 10.1. The molecular weight excluding hydrogens is 362 g/mol. The van der Waals surface area contributed by atoms with Crippen LogP contribution in [0.2, 0.25) is 0 Å². The summed E-state index contributed by atoms with van der Waals surface area (Å²) in [6.45, 7) is 0. The lowest BCUT2D eigenvalue weighted by molar-refractivity contribution is 0.404. The van der Waals surface area contributed by atoms with Crippen LogP contribution in [0.3, 0.4) is 0 Å². The lowest BCUT2D eigenvalue weighted by Gasteiger charge is -2.13. The third-order valence-corrected chi connectivity index (χ3v) is 3.88. The minimum atomic E-state index is 0.290. The molecule has 0 atom stereocenters. The quantitative estimate of drug-likeness (QED) is 0.606. The van der Waals surface area contributed by atoms with E-state index in [2.05, 4.69) is 25.8 Å². The van der Waals surface area contributed by atoms with Crippen LogP contribution >= 0.6 is 0 Å². The number of rotatable bonds is 8. The molecule has 0 amide bonds. The highest BCUT2D eigenvalue weighted by atomic mass is 16.5. The first-order valence-corrected chi connectivity index (χ1v) is 8.34. The molecule has 0 saturated carbocycles. The summed E-state index contributed by atoms with van der Waals surface area (Å²) in [6.07, 6.45) is 1.51. The fraction of sp³-hybridized carbons (Fsp3) is 0.211. The van der Waals surface area contributed by atoms with Crippen molar-refractivity contribution in [3.8, 4) is 23.0 Å². The molecule has 2 aromatic carbocycles. The number of hydrogen-bond donors (Lipinski definition) is 2. The van der Waals surface area contributed by atoms with Crippen LogP contribution < -0.4 is 29.6 Å². The maximum absolute atomic E-state index is 5.37. The zero-order chi connectivity index (χ0) is 19.9. The van der Waals surface area contributed by atoms with Crippen LogP contribution in [0.4, 0.5) is 23.1 Å². The van der Waals surface area contributed by atoms with Gasteiger partial charge in [-0.15, -0.1) is 5.10 Å². The van der Waals surface area contributed by atoms with Crippen molar-refractivity contribution in [2.24, 2.45) is 0 Å². The van der Waals surface area contributed by atoms with E-state index in [-0.39, 0.29) is 0 Å². The average molecular weight is 383 g/mol. The van der Waals surface area contributed by atoms with E-state index in [1.54, 1.807) is 58.8 Å². The molecule has 146 valence electrons. The number of hydrogen-bond acceptors (Lipinski definition) is 9. The molecule has 1 heterocycles. The van der Waals surface area contributed by atoms with Gasteiger partial charge in [0.1, 0.15) is 23.0 Å². The van der Waals surface area contributed by atoms with Gasteiger partial charge in [-0.2, -0.15) is 10.1 Å². The Kier molecular flexibility index (Phi) is 5.95. The molecule has 0 fully saturated rings. The molecule has 0 aliphatic carbocycles. The van der Waals surface area contributed by atoms with Gasteiger partial charge in [-0.05, 0) is 24.3 Å². The minimum absolute atomic E-state index is 0.290. The van der Waals surface area contributed by atoms with Crippen LogP contribution in [0.5, 0.6) is 23.0 Å². The van der Waals surface area contributed by atoms with Crippen molar-refractivity contribution in [1.29, 1.82) is 0 Å². The largest absolute Gasteiger partial charge is 0.497 e. The summed E-state index contributed by atoms with van der Waals surface area (Å²) in [5.74, 6) is 3.39. The van der Waals surface area contributed by atoms with E-state index in [1.807, 2.05) is 6.07 Å². The van der Waals surface area contributed by atoms with Crippen LogP contribution in [0.25, 0.3) is 0 Å². The lowest BCUT2D eigenvalue weighted by Crippen LogP contribution is -2.04. The molecule has 0 bridgehead atoms. The standard InChI is InChI=1S/C19H21N5O4/c1-25-12-5-7-16(27-3)14(9-12)21-18-11-20-24-19(23-18)22-15-10-13(26-2)6-8-17(15)28-4/h5-11H,1-4H3,(H2,21,22,23,24). The van der Waals surface area contributed by atoms with Gasteiger partial charge in [0.05, 0.1) is 46.0 Å². The summed E-state index contributed by atoms with van der Waals surface area (Å²) in [5, 5.41) is 14.3. The smallest absolute Gasteiger partial charge is 0.249 e. The molecular formula is C19H21N5O4. The van der Waals surface area contributed by atoms with Gasteiger partial charge >= 0.3 is 0 Å². The van der Waals surface area contributed by atoms with Gasteiger partial charge in [-0.3, -0.25) is 0 Å². The Balaban J connectivity index is 1.86. The van der Waals surface area contributed by atoms with Gasteiger partial charge in [0.15, 0.2) is 5.82 Å². The molecule has 9 nitrogen and oxygen atoms in total. The molecule has 0 aliphatic rings. The number of methoxy groups -OCH3 is 4. The molecule has 0 saturated heterocycles. The molecule has 2 N–H and O–H groups in total. The molecule has 3 rings (SSSR count). The Bertz CT molecular complexity index is 879. The van der Waals surface area contributed by atoms with Crippen molar-refractivity contribution in [2.45, 2.75) is 0 Å². The molecule has 0 spiro atoms. The number of nitrogens with zero attached hydrogens (tertiary/aromatic N) is 3. The van der Waals surface area contributed by atoms with E-state index in [1.165, 1.54) is 6.20 Å². The van der Waals surface area contributed by atoms with Gasteiger partial charge in [-0.25, -0.2) is 0 Å². The topological polar surface area (TPSA) is 99.7 Å². The highest BCUT2D eigenvalue weighted by molar-refractivity contribution is 5.68. The third kappa shape index (κ3) is 4.32. The van der Waals surface area contributed by atoms with E-state index >= 15 is 0 Å². The fourth-order valence-corrected chi connectivity index (χ4v) is 2.50. The van der Waals surface area contributed by atoms with E-state index in [0.29, 0.717) is 46.1 Å².